The molecule has 4 aromatic rings. The molecule has 170 valence electrons. The van der Waals surface area contributed by atoms with Crippen LogP contribution in [0.5, 0.6) is 11.5 Å². The summed E-state index contributed by atoms with van der Waals surface area (Å²) in [5.74, 6) is 1.33. The monoisotopic (exact) mass is 450 g/mol. The molecule has 0 bridgehead atoms. The van der Waals surface area contributed by atoms with E-state index in [0.717, 1.165) is 10.9 Å². The number of rotatable bonds is 10. The van der Waals surface area contributed by atoms with Gasteiger partial charge in [-0.25, -0.2) is 19.0 Å². The summed E-state index contributed by atoms with van der Waals surface area (Å²) in [5.41, 5.74) is 1.57. The Bertz CT molecular complexity index is 1230. The first-order valence-corrected chi connectivity index (χ1v) is 10.3. The van der Waals surface area contributed by atoms with Gasteiger partial charge in [-0.2, -0.15) is 5.10 Å². The Morgan fingerprint density at radius 3 is 2.76 bits per heavy atom. The third-order valence-corrected chi connectivity index (χ3v) is 4.86. The number of nitrogens with zero attached hydrogens (tertiary/aromatic N) is 4. The van der Waals surface area contributed by atoms with E-state index in [2.05, 4.69) is 25.7 Å². The molecule has 0 aliphatic rings. The van der Waals surface area contributed by atoms with Gasteiger partial charge < -0.3 is 20.1 Å². The first kappa shape index (κ1) is 22.0. The number of amides is 1. The van der Waals surface area contributed by atoms with E-state index in [1.54, 1.807) is 54.4 Å². The minimum Gasteiger partial charge on any atom is -0.497 e. The van der Waals surface area contributed by atoms with Crippen molar-refractivity contribution in [3.63, 3.8) is 0 Å². The molecular weight excluding hydrogens is 427 g/mol. The van der Waals surface area contributed by atoms with E-state index < -0.39 is 0 Å². The van der Waals surface area contributed by atoms with Crippen LogP contribution in [0.3, 0.4) is 0 Å². The van der Waals surface area contributed by atoms with E-state index >= 15 is 0 Å². The van der Waals surface area contributed by atoms with Crippen molar-refractivity contribution < 1.29 is 18.7 Å². The molecule has 1 amide bonds. The number of hydrogen-bond donors (Lipinski definition) is 2. The fourth-order valence-corrected chi connectivity index (χ4v) is 3.18. The molecule has 0 unspecified atom stereocenters. The number of halogens is 1. The molecule has 0 aliphatic carbocycles. The average molecular weight is 450 g/mol. The standard InChI is InChI=1S/C23H23FN6O3/c1-32-18-3-2-4-19(11-18)33-14-21(31)25-9-10-30-23-20(13-29-30)22(27-15-28-23)26-12-16-5-7-17(24)8-6-16/h2-8,11,13,15H,9-10,12,14H2,1H3,(H,25,31)(H,26,27,28). The largest absolute Gasteiger partial charge is 0.497 e. The molecule has 0 atom stereocenters. The first-order valence-electron chi connectivity index (χ1n) is 10.3. The molecule has 0 fully saturated rings. The molecular formula is C23H23FN6O3. The number of ether oxygens (including phenoxy) is 2. The van der Waals surface area contributed by atoms with Gasteiger partial charge in [0, 0.05) is 19.2 Å². The number of carbonyl (C=O) groups excluding carboxylic acids is 1. The normalized spacial score (nSPS) is 10.7. The van der Waals surface area contributed by atoms with Crippen molar-refractivity contribution in [2.75, 3.05) is 25.6 Å². The SMILES string of the molecule is COc1cccc(OCC(=O)NCCn2ncc3c(NCc4ccc(F)cc4)ncnc32)c1. The van der Waals surface area contributed by atoms with Gasteiger partial charge >= 0.3 is 0 Å². The van der Waals surface area contributed by atoms with Crippen LogP contribution < -0.4 is 20.1 Å². The molecule has 9 nitrogen and oxygen atoms in total. The first-order chi connectivity index (χ1) is 16.1. The van der Waals surface area contributed by atoms with Crippen LogP contribution in [0.25, 0.3) is 11.0 Å². The van der Waals surface area contributed by atoms with Crippen LogP contribution in [0.2, 0.25) is 0 Å². The van der Waals surface area contributed by atoms with Gasteiger partial charge in [-0.3, -0.25) is 4.79 Å². The highest BCUT2D eigenvalue weighted by atomic mass is 19.1. The predicted molar refractivity (Wildman–Crippen MR) is 121 cm³/mol. The summed E-state index contributed by atoms with van der Waals surface area (Å²) >= 11 is 0. The van der Waals surface area contributed by atoms with Gasteiger partial charge in [-0.1, -0.05) is 18.2 Å². The summed E-state index contributed by atoms with van der Waals surface area (Å²) in [7, 11) is 1.57. The number of nitrogens with one attached hydrogen (secondary N) is 2. The second-order valence-corrected chi connectivity index (χ2v) is 7.12. The van der Waals surface area contributed by atoms with Crippen molar-refractivity contribution in [3.05, 3.63) is 72.4 Å². The summed E-state index contributed by atoms with van der Waals surface area (Å²) in [6.45, 7) is 1.18. The molecule has 2 aromatic carbocycles. The summed E-state index contributed by atoms with van der Waals surface area (Å²) < 4.78 is 25.4. The van der Waals surface area contributed by atoms with Gasteiger partial charge in [0.2, 0.25) is 0 Å². The van der Waals surface area contributed by atoms with Crippen LogP contribution in [-0.2, 0) is 17.9 Å². The Morgan fingerprint density at radius 1 is 1.12 bits per heavy atom. The molecule has 2 heterocycles. The highest BCUT2D eigenvalue weighted by Crippen LogP contribution is 2.20. The van der Waals surface area contributed by atoms with Crippen molar-refractivity contribution >= 4 is 22.8 Å². The summed E-state index contributed by atoms with van der Waals surface area (Å²) in [5, 5.41) is 11.2. The molecule has 0 saturated carbocycles. The molecule has 0 spiro atoms. The maximum Gasteiger partial charge on any atom is 0.258 e. The van der Waals surface area contributed by atoms with E-state index in [-0.39, 0.29) is 18.3 Å². The highest BCUT2D eigenvalue weighted by Gasteiger charge is 2.10. The quantitative estimate of drug-likeness (QED) is 0.383. The number of carbonyl (C=O) groups is 1. The van der Waals surface area contributed by atoms with E-state index in [4.69, 9.17) is 9.47 Å². The van der Waals surface area contributed by atoms with Crippen LogP contribution in [-0.4, -0.2) is 45.9 Å². The zero-order chi connectivity index (χ0) is 23.0. The van der Waals surface area contributed by atoms with E-state index in [1.807, 2.05) is 0 Å². The van der Waals surface area contributed by atoms with Crippen molar-refractivity contribution in [1.82, 2.24) is 25.1 Å². The number of methoxy groups -OCH3 is 1. The molecule has 33 heavy (non-hydrogen) atoms. The molecule has 0 aliphatic heterocycles. The topological polar surface area (TPSA) is 103 Å². The highest BCUT2D eigenvalue weighted by molar-refractivity contribution is 5.86. The number of benzene rings is 2. The molecule has 0 saturated heterocycles. The van der Waals surface area contributed by atoms with Crippen LogP contribution >= 0.6 is 0 Å². The lowest BCUT2D eigenvalue weighted by atomic mass is 10.2. The number of anilines is 1. The Labute approximate surface area is 189 Å². The fraction of sp³-hybridized carbons (Fsp3) is 0.217. The third-order valence-electron chi connectivity index (χ3n) is 4.86. The van der Waals surface area contributed by atoms with Crippen molar-refractivity contribution in [2.24, 2.45) is 0 Å². The lowest BCUT2D eigenvalue weighted by Gasteiger charge is -2.09. The van der Waals surface area contributed by atoms with Gasteiger partial charge in [-0.05, 0) is 29.8 Å². The van der Waals surface area contributed by atoms with Crippen molar-refractivity contribution in [1.29, 1.82) is 0 Å². The molecule has 10 heteroatoms. The van der Waals surface area contributed by atoms with E-state index in [1.165, 1.54) is 18.5 Å². The number of hydrogen-bond acceptors (Lipinski definition) is 7. The van der Waals surface area contributed by atoms with Crippen LogP contribution in [0.15, 0.2) is 61.1 Å². The zero-order valence-corrected chi connectivity index (χ0v) is 18.0. The van der Waals surface area contributed by atoms with Crippen molar-refractivity contribution in [2.45, 2.75) is 13.1 Å². The fourth-order valence-electron chi connectivity index (χ4n) is 3.18. The summed E-state index contributed by atoms with van der Waals surface area (Å²) in [6.07, 6.45) is 3.13. The van der Waals surface area contributed by atoms with E-state index in [0.29, 0.717) is 42.6 Å². The summed E-state index contributed by atoms with van der Waals surface area (Å²) in [4.78, 5) is 20.7. The number of aromatic nitrogens is 4. The van der Waals surface area contributed by atoms with Gasteiger partial charge in [-0.15, -0.1) is 0 Å². The second-order valence-electron chi connectivity index (χ2n) is 7.12. The minimum atomic E-state index is -0.275. The van der Waals surface area contributed by atoms with Crippen LogP contribution in [0.1, 0.15) is 5.56 Å². The smallest absolute Gasteiger partial charge is 0.258 e. The Kier molecular flexibility index (Phi) is 6.93. The lowest BCUT2D eigenvalue weighted by Crippen LogP contribution is -2.31. The minimum absolute atomic E-state index is 0.105. The zero-order valence-electron chi connectivity index (χ0n) is 18.0. The van der Waals surface area contributed by atoms with Crippen molar-refractivity contribution in [3.8, 4) is 11.5 Å². The van der Waals surface area contributed by atoms with Gasteiger partial charge in [0.25, 0.3) is 5.91 Å². The molecule has 4 rings (SSSR count). The third kappa shape index (κ3) is 5.73. The average Bonchev–Trinajstić information content (AvgIpc) is 3.26. The van der Waals surface area contributed by atoms with Gasteiger partial charge in [0.1, 0.15) is 29.5 Å². The van der Waals surface area contributed by atoms with Crippen LogP contribution in [0, 0.1) is 5.82 Å². The van der Waals surface area contributed by atoms with Crippen LogP contribution in [0.4, 0.5) is 10.2 Å². The Morgan fingerprint density at radius 2 is 1.94 bits per heavy atom. The Hall–Kier alpha value is -4.21. The molecule has 2 aromatic heterocycles. The molecule has 2 N–H and O–H groups in total. The lowest BCUT2D eigenvalue weighted by molar-refractivity contribution is -0.123. The second kappa shape index (κ2) is 10.4. The van der Waals surface area contributed by atoms with Gasteiger partial charge in [0.15, 0.2) is 12.3 Å². The Balaban J connectivity index is 1.29. The maximum absolute atomic E-state index is 13.1. The number of fused-ring (bicyclic) bond motifs is 1. The maximum atomic E-state index is 13.1. The predicted octanol–water partition coefficient (Wildman–Crippen LogP) is 2.78. The molecule has 0 radical (unpaired) electrons. The summed E-state index contributed by atoms with van der Waals surface area (Å²) in [6, 6.07) is 13.3. The van der Waals surface area contributed by atoms with Gasteiger partial charge in [0.05, 0.1) is 25.2 Å². The van der Waals surface area contributed by atoms with E-state index in [9.17, 15) is 9.18 Å².